The monoisotopic (exact) mass is 251 g/mol. The number of hydrogen-bond donors (Lipinski definition) is 2. The number of aromatic nitrogens is 3. The van der Waals surface area contributed by atoms with Crippen LogP contribution in [-0.2, 0) is 0 Å². The number of nitrogens with one attached hydrogen (secondary N) is 1. The van der Waals surface area contributed by atoms with Gasteiger partial charge in [0.05, 0.1) is 0 Å². The summed E-state index contributed by atoms with van der Waals surface area (Å²) in [5.74, 6) is 8.59. The molecule has 1 aliphatic carbocycles. The Balaban J connectivity index is 2.17. The van der Waals surface area contributed by atoms with E-state index in [2.05, 4.69) is 32.2 Å². The number of nitrogens with two attached hydrogens (primary N) is 1. The van der Waals surface area contributed by atoms with Gasteiger partial charge >= 0.3 is 0 Å². The average molecular weight is 251 g/mol. The van der Waals surface area contributed by atoms with Crippen LogP contribution in [0.1, 0.15) is 13.3 Å². The van der Waals surface area contributed by atoms with Gasteiger partial charge in [0.15, 0.2) is 0 Å². The lowest BCUT2D eigenvalue weighted by Gasteiger charge is -2.19. The second-order valence-corrected chi connectivity index (χ2v) is 5.15. The molecule has 1 aliphatic rings. The second-order valence-electron chi connectivity index (χ2n) is 5.15. The van der Waals surface area contributed by atoms with Crippen LogP contribution in [0.15, 0.2) is 0 Å². The number of nitrogen functional groups attached to an aromatic ring is 1. The number of hydrogen-bond acceptors (Lipinski definition) is 7. The van der Waals surface area contributed by atoms with Crippen LogP contribution in [0, 0.1) is 11.8 Å². The highest BCUT2D eigenvalue weighted by Crippen LogP contribution is 2.38. The number of anilines is 3. The minimum Gasteiger partial charge on any atom is -0.347 e. The van der Waals surface area contributed by atoms with Gasteiger partial charge in [0.1, 0.15) is 0 Å². The van der Waals surface area contributed by atoms with Crippen LogP contribution in [0.3, 0.4) is 0 Å². The van der Waals surface area contributed by atoms with Crippen molar-refractivity contribution in [1.82, 2.24) is 15.0 Å². The van der Waals surface area contributed by atoms with Crippen molar-refractivity contribution < 1.29 is 0 Å². The highest BCUT2D eigenvalue weighted by Gasteiger charge is 2.33. The molecule has 7 nitrogen and oxygen atoms in total. The van der Waals surface area contributed by atoms with Crippen molar-refractivity contribution >= 4 is 17.8 Å². The molecule has 1 fully saturated rings. The molecule has 0 amide bonds. The van der Waals surface area contributed by atoms with E-state index >= 15 is 0 Å². The van der Waals surface area contributed by atoms with Gasteiger partial charge in [-0.1, -0.05) is 6.92 Å². The summed E-state index contributed by atoms with van der Waals surface area (Å²) in [6.07, 6.45) is 1.29. The third-order valence-corrected chi connectivity index (χ3v) is 3.27. The van der Waals surface area contributed by atoms with E-state index in [1.54, 1.807) is 0 Å². The molecule has 2 atom stereocenters. The van der Waals surface area contributed by atoms with E-state index in [0.29, 0.717) is 17.8 Å². The number of nitrogens with zero attached hydrogens (tertiary/aromatic N) is 5. The molecule has 100 valence electrons. The molecule has 1 aromatic heterocycles. The quantitative estimate of drug-likeness (QED) is 0.576. The van der Waals surface area contributed by atoms with E-state index in [-0.39, 0.29) is 0 Å². The van der Waals surface area contributed by atoms with Gasteiger partial charge in [-0.2, -0.15) is 15.0 Å². The summed E-state index contributed by atoms with van der Waals surface area (Å²) in [4.78, 5) is 16.8. The maximum Gasteiger partial charge on any atom is 0.243 e. The summed E-state index contributed by atoms with van der Waals surface area (Å²) in [5, 5.41) is 0. The predicted molar refractivity (Wildman–Crippen MR) is 72.5 cm³/mol. The zero-order chi connectivity index (χ0) is 13.3. The van der Waals surface area contributed by atoms with Crippen LogP contribution in [0.2, 0.25) is 0 Å². The molecule has 2 rings (SSSR count). The third-order valence-electron chi connectivity index (χ3n) is 3.27. The van der Waals surface area contributed by atoms with E-state index in [0.717, 1.165) is 18.4 Å². The van der Waals surface area contributed by atoms with Gasteiger partial charge in [0, 0.05) is 27.7 Å². The Morgan fingerprint density at radius 3 is 2.33 bits per heavy atom. The first-order valence-electron chi connectivity index (χ1n) is 6.12. The van der Waals surface area contributed by atoms with Gasteiger partial charge in [-0.3, -0.25) is 5.43 Å². The number of rotatable bonds is 5. The van der Waals surface area contributed by atoms with E-state index in [4.69, 9.17) is 5.84 Å². The van der Waals surface area contributed by atoms with Gasteiger partial charge in [-0.25, -0.2) is 5.84 Å². The van der Waals surface area contributed by atoms with Crippen molar-refractivity contribution in [2.75, 3.05) is 42.9 Å². The number of hydrazine groups is 1. The second kappa shape index (κ2) is 4.93. The van der Waals surface area contributed by atoms with E-state index in [1.165, 1.54) is 6.42 Å². The Morgan fingerprint density at radius 2 is 1.83 bits per heavy atom. The minimum absolute atomic E-state index is 0.388. The topological polar surface area (TPSA) is 83.2 Å². The summed E-state index contributed by atoms with van der Waals surface area (Å²) in [6.45, 7) is 3.24. The van der Waals surface area contributed by atoms with Gasteiger partial charge in [0.25, 0.3) is 0 Å². The van der Waals surface area contributed by atoms with Crippen molar-refractivity contribution in [2.45, 2.75) is 13.3 Å². The lowest BCUT2D eigenvalue weighted by molar-refractivity contribution is 0.709. The third kappa shape index (κ3) is 2.79. The summed E-state index contributed by atoms with van der Waals surface area (Å²) < 4.78 is 0. The highest BCUT2D eigenvalue weighted by atomic mass is 15.4. The van der Waals surface area contributed by atoms with Gasteiger partial charge in [-0.15, -0.1) is 0 Å². The van der Waals surface area contributed by atoms with Gasteiger partial charge in [0.2, 0.25) is 17.8 Å². The van der Waals surface area contributed by atoms with Crippen LogP contribution in [0.4, 0.5) is 17.8 Å². The van der Waals surface area contributed by atoms with Crippen LogP contribution in [-0.4, -0.2) is 42.6 Å². The smallest absolute Gasteiger partial charge is 0.243 e. The predicted octanol–water partition coefficient (Wildman–Crippen LogP) is 0.315. The van der Waals surface area contributed by atoms with Crippen molar-refractivity contribution in [3.8, 4) is 0 Å². The molecule has 1 heterocycles. The first kappa shape index (κ1) is 12.8. The van der Waals surface area contributed by atoms with Crippen molar-refractivity contribution in [1.29, 1.82) is 0 Å². The van der Waals surface area contributed by atoms with E-state index in [9.17, 15) is 0 Å². The molecule has 18 heavy (non-hydrogen) atoms. The zero-order valence-electron chi connectivity index (χ0n) is 11.4. The lowest BCUT2D eigenvalue weighted by Crippen LogP contribution is -2.26. The van der Waals surface area contributed by atoms with Crippen LogP contribution < -0.4 is 21.1 Å². The molecule has 1 aromatic rings. The maximum absolute atomic E-state index is 5.38. The molecule has 0 aliphatic heterocycles. The fourth-order valence-corrected chi connectivity index (χ4v) is 1.88. The molecule has 0 saturated heterocycles. The largest absolute Gasteiger partial charge is 0.347 e. The summed E-state index contributed by atoms with van der Waals surface area (Å²) in [6, 6.07) is 0. The molecule has 2 unspecified atom stereocenters. The Kier molecular flexibility index (Phi) is 3.51. The molecular formula is C11H21N7. The SMILES string of the molecule is CC1CC1CN(C)c1nc(NN)nc(N(C)C)n1. The van der Waals surface area contributed by atoms with Crippen LogP contribution in [0.5, 0.6) is 0 Å². The Hall–Kier alpha value is -1.63. The minimum atomic E-state index is 0.388. The summed E-state index contributed by atoms with van der Waals surface area (Å²) in [7, 11) is 5.78. The van der Waals surface area contributed by atoms with E-state index in [1.807, 2.05) is 26.0 Å². The first-order chi connectivity index (χ1) is 8.51. The van der Waals surface area contributed by atoms with Gasteiger partial charge < -0.3 is 9.80 Å². The summed E-state index contributed by atoms with van der Waals surface area (Å²) >= 11 is 0. The lowest BCUT2D eigenvalue weighted by atomic mass is 10.3. The molecule has 0 radical (unpaired) electrons. The standard InChI is InChI=1S/C11H21N7/c1-7-5-8(7)6-18(4)11-14-9(16-12)13-10(15-11)17(2)3/h7-8H,5-6,12H2,1-4H3,(H,13,14,15,16). The molecular weight excluding hydrogens is 230 g/mol. The molecule has 1 saturated carbocycles. The molecule has 0 aromatic carbocycles. The Bertz CT molecular complexity index is 420. The summed E-state index contributed by atoms with van der Waals surface area (Å²) in [5.41, 5.74) is 2.48. The maximum atomic E-state index is 5.38. The molecule has 7 heteroatoms. The molecule has 0 bridgehead atoms. The normalized spacial score (nSPS) is 21.6. The van der Waals surface area contributed by atoms with Gasteiger partial charge in [-0.05, 0) is 18.3 Å². The fraction of sp³-hybridized carbons (Fsp3) is 0.727. The van der Waals surface area contributed by atoms with Crippen LogP contribution in [0.25, 0.3) is 0 Å². The first-order valence-corrected chi connectivity index (χ1v) is 6.12. The van der Waals surface area contributed by atoms with Crippen molar-refractivity contribution in [2.24, 2.45) is 17.7 Å². The van der Waals surface area contributed by atoms with Crippen molar-refractivity contribution in [3.05, 3.63) is 0 Å². The zero-order valence-corrected chi connectivity index (χ0v) is 11.4. The Morgan fingerprint density at radius 1 is 1.22 bits per heavy atom. The Labute approximate surface area is 107 Å². The van der Waals surface area contributed by atoms with Crippen LogP contribution >= 0.6 is 0 Å². The fourth-order valence-electron chi connectivity index (χ4n) is 1.88. The average Bonchev–Trinajstić information content (AvgIpc) is 3.04. The van der Waals surface area contributed by atoms with E-state index < -0.39 is 0 Å². The molecule has 0 spiro atoms. The molecule has 3 N–H and O–H groups in total. The van der Waals surface area contributed by atoms with Crippen molar-refractivity contribution in [3.63, 3.8) is 0 Å². The highest BCUT2D eigenvalue weighted by molar-refractivity contribution is 5.43.